The van der Waals surface area contributed by atoms with Crippen LogP contribution in [0.3, 0.4) is 0 Å². The van der Waals surface area contributed by atoms with Crippen molar-refractivity contribution in [3.8, 4) is 0 Å². The monoisotopic (exact) mass is 309 g/mol. The van der Waals surface area contributed by atoms with E-state index in [-0.39, 0.29) is 31.8 Å². The van der Waals surface area contributed by atoms with E-state index in [0.717, 1.165) is 10.8 Å². The first kappa shape index (κ1) is 14.3. The Morgan fingerprint density at radius 1 is 1.05 bits per heavy atom. The van der Waals surface area contributed by atoms with Crippen LogP contribution < -0.4 is 0 Å². The van der Waals surface area contributed by atoms with Gasteiger partial charge in [0, 0.05) is 41.9 Å². The average Bonchev–Trinajstić information content (AvgIpc) is 2.46. The number of hydrogen-bond acceptors (Lipinski definition) is 1. The zero-order valence-electron chi connectivity index (χ0n) is 11.3. The van der Waals surface area contributed by atoms with Crippen molar-refractivity contribution in [2.45, 2.75) is 18.8 Å². The maximum absolute atomic E-state index is 13.2. The van der Waals surface area contributed by atoms with Crippen molar-refractivity contribution in [1.29, 1.82) is 0 Å². The van der Waals surface area contributed by atoms with Crippen LogP contribution in [0, 0.1) is 0 Å². The van der Waals surface area contributed by atoms with Crippen LogP contribution in [0.2, 0.25) is 5.02 Å². The lowest BCUT2D eigenvalue weighted by molar-refractivity contribution is -0.0493. The smallest absolute Gasteiger partial charge is 0.254 e. The summed E-state index contributed by atoms with van der Waals surface area (Å²) in [6, 6.07) is 10.7. The molecule has 21 heavy (non-hydrogen) atoms. The van der Waals surface area contributed by atoms with Gasteiger partial charge >= 0.3 is 0 Å². The number of likely N-dealkylation sites (tertiary alicyclic amines) is 1. The third kappa shape index (κ3) is 2.72. The molecule has 0 aromatic heterocycles. The van der Waals surface area contributed by atoms with Crippen molar-refractivity contribution in [3.63, 3.8) is 0 Å². The SMILES string of the molecule is O=C(c1cccc2c(Cl)cccc12)N1CCC(F)(F)CC1. The topological polar surface area (TPSA) is 20.3 Å². The highest BCUT2D eigenvalue weighted by atomic mass is 35.5. The summed E-state index contributed by atoms with van der Waals surface area (Å²) in [5.41, 5.74) is 0.514. The third-order valence-electron chi connectivity index (χ3n) is 3.88. The van der Waals surface area contributed by atoms with Gasteiger partial charge < -0.3 is 4.90 Å². The fourth-order valence-corrected chi connectivity index (χ4v) is 2.90. The Kier molecular flexibility index (Phi) is 3.57. The molecular weight excluding hydrogens is 296 g/mol. The lowest BCUT2D eigenvalue weighted by Crippen LogP contribution is -2.42. The summed E-state index contributed by atoms with van der Waals surface area (Å²) < 4.78 is 26.4. The molecule has 2 aromatic rings. The molecule has 1 heterocycles. The molecule has 0 unspecified atom stereocenters. The van der Waals surface area contributed by atoms with Gasteiger partial charge in [0.2, 0.25) is 0 Å². The molecule has 0 spiro atoms. The fourth-order valence-electron chi connectivity index (χ4n) is 2.67. The molecule has 1 amide bonds. The summed E-state index contributed by atoms with van der Waals surface area (Å²) in [5, 5.41) is 2.13. The van der Waals surface area contributed by atoms with Gasteiger partial charge in [-0.15, -0.1) is 0 Å². The van der Waals surface area contributed by atoms with Crippen molar-refractivity contribution < 1.29 is 13.6 Å². The molecule has 110 valence electrons. The molecule has 1 fully saturated rings. The Labute approximate surface area is 126 Å². The van der Waals surface area contributed by atoms with Crippen LogP contribution in [0.5, 0.6) is 0 Å². The van der Waals surface area contributed by atoms with Crippen LogP contribution in [-0.4, -0.2) is 29.8 Å². The van der Waals surface area contributed by atoms with Crippen LogP contribution in [0.1, 0.15) is 23.2 Å². The number of hydrogen-bond donors (Lipinski definition) is 0. The first-order valence-corrected chi connectivity index (χ1v) is 7.20. The second kappa shape index (κ2) is 5.26. The van der Waals surface area contributed by atoms with E-state index in [0.29, 0.717) is 10.6 Å². The lowest BCUT2D eigenvalue weighted by atomic mass is 10.0. The van der Waals surface area contributed by atoms with E-state index in [1.54, 1.807) is 24.3 Å². The molecule has 1 aliphatic rings. The Morgan fingerprint density at radius 3 is 2.38 bits per heavy atom. The Hall–Kier alpha value is -1.68. The van der Waals surface area contributed by atoms with Crippen LogP contribution in [0.25, 0.3) is 10.8 Å². The summed E-state index contributed by atoms with van der Waals surface area (Å²) in [5.74, 6) is -2.86. The summed E-state index contributed by atoms with van der Waals surface area (Å²) in [4.78, 5) is 14.1. The quantitative estimate of drug-likeness (QED) is 0.766. The largest absolute Gasteiger partial charge is 0.338 e. The van der Waals surface area contributed by atoms with Crippen LogP contribution in [0.15, 0.2) is 36.4 Å². The number of carbonyl (C=O) groups is 1. The first-order valence-electron chi connectivity index (χ1n) is 6.82. The number of amides is 1. The molecule has 0 atom stereocenters. The second-order valence-corrected chi connectivity index (χ2v) is 5.70. The molecule has 5 heteroatoms. The van der Waals surface area contributed by atoms with Gasteiger partial charge in [-0.3, -0.25) is 4.79 Å². The maximum Gasteiger partial charge on any atom is 0.254 e. The highest BCUT2D eigenvalue weighted by molar-refractivity contribution is 6.36. The minimum atomic E-state index is -2.65. The second-order valence-electron chi connectivity index (χ2n) is 5.29. The van der Waals surface area contributed by atoms with E-state index >= 15 is 0 Å². The van der Waals surface area contributed by atoms with Gasteiger partial charge in [0.1, 0.15) is 0 Å². The Balaban J connectivity index is 1.94. The molecule has 0 radical (unpaired) electrons. The summed E-state index contributed by atoms with van der Waals surface area (Å²) in [6.45, 7) is 0.172. The van der Waals surface area contributed by atoms with Gasteiger partial charge in [-0.25, -0.2) is 8.78 Å². The predicted molar refractivity (Wildman–Crippen MR) is 79.0 cm³/mol. The zero-order chi connectivity index (χ0) is 15.0. The number of carbonyl (C=O) groups excluding carboxylic acids is 1. The van der Waals surface area contributed by atoms with Crippen LogP contribution >= 0.6 is 11.6 Å². The Bertz CT molecular complexity index is 692. The highest BCUT2D eigenvalue weighted by Crippen LogP contribution is 2.30. The Morgan fingerprint density at radius 2 is 1.67 bits per heavy atom. The van der Waals surface area contributed by atoms with Crippen molar-refractivity contribution in [1.82, 2.24) is 4.90 Å². The molecule has 1 aliphatic heterocycles. The summed E-state index contributed by atoms with van der Waals surface area (Å²) >= 11 is 6.13. The number of fused-ring (bicyclic) bond motifs is 1. The van der Waals surface area contributed by atoms with Gasteiger partial charge in [-0.2, -0.15) is 0 Å². The maximum atomic E-state index is 13.2. The number of halogens is 3. The normalized spacial score (nSPS) is 18.0. The standard InChI is InChI=1S/C16H14ClF2NO/c17-14-6-2-3-11-12(14)4-1-5-13(11)15(21)20-9-7-16(18,19)8-10-20/h1-6H,7-10H2. The van der Waals surface area contributed by atoms with Gasteiger partial charge in [0.25, 0.3) is 11.8 Å². The van der Waals surface area contributed by atoms with E-state index in [1.165, 1.54) is 4.90 Å². The van der Waals surface area contributed by atoms with Crippen LogP contribution in [0.4, 0.5) is 8.78 Å². The van der Waals surface area contributed by atoms with E-state index in [1.807, 2.05) is 12.1 Å². The summed E-state index contributed by atoms with van der Waals surface area (Å²) in [7, 11) is 0. The van der Waals surface area contributed by atoms with Gasteiger partial charge in [0.05, 0.1) is 0 Å². The van der Waals surface area contributed by atoms with Crippen LogP contribution in [-0.2, 0) is 0 Å². The van der Waals surface area contributed by atoms with Gasteiger partial charge in [0.15, 0.2) is 0 Å². The molecular formula is C16H14ClF2NO. The molecule has 0 N–H and O–H groups in total. The van der Waals surface area contributed by atoms with Crippen molar-refractivity contribution in [2.75, 3.05) is 13.1 Å². The minimum absolute atomic E-state index is 0.0861. The molecule has 2 nitrogen and oxygen atoms in total. The fraction of sp³-hybridized carbons (Fsp3) is 0.312. The molecule has 2 aromatic carbocycles. The number of alkyl halides is 2. The molecule has 0 saturated carbocycles. The molecule has 3 rings (SSSR count). The van der Waals surface area contributed by atoms with E-state index in [9.17, 15) is 13.6 Å². The molecule has 0 bridgehead atoms. The minimum Gasteiger partial charge on any atom is -0.338 e. The summed E-state index contributed by atoms with van der Waals surface area (Å²) in [6.07, 6.45) is -0.547. The van der Waals surface area contributed by atoms with E-state index < -0.39 is 5.92 Å². The predicted octanol–water partition coefficient (Wildman–Crippen LogP) is 4.36. The lowest BCUT2D eigenvalue weighted by Gasteiger charge is -2.32. The van der Waals surface area contributed by atoms with Gasteiger partial charge in [-0.1, -0.05) is 35.9 Å². The zero-order valence-corrected chi connectivity index (χ0v) is 12.0. The van der Waals surface area contributed by atoms with Crippen molar-refractivity contribution in [3.05, 3.63) is 47.0 Å². The molecule has 1 saturated heterocycles. The van der Waals surface area contributed by atoms with Crippen molar-refractivity contribution in [2.24, 2.45) is 0 Å². The number of benzene rings is 2. The number of piperidine rings is 1. The van der Waals surface area contributed by atoms with E-state index in [4.69, 9.17) is 11.6 Å². The third-order valence-corrected chi connectivity index (χ3v) is 4.21. The number of nitrogens with zero attached hydrogens (tertiary/aromatic N) is 1. The average molecular weight is 310 g/mol. The first-order chi connectivity index (χ1) is 9.98. The van der Waals surface area contributed by atoms with Crippen molar-refractivity contribution >= 4 is 28.3 Å². The number of rotatable bonds is 1. The van der Waals surface area contributed by atoms with Gasteiger partial charge in [-0.05, 0) is 17.5 Å². The van der Waals surface area contributed by atoms with E-state index in [2.05, 4.69) is 0 Å². The highest BCUT2D eigenvalue weighted by Gasteiger charge is 2.36. The molecule has 0 aliphatic carbocycles.